The molecule has 23 heavy (non-hydrogen) atoms. The van der Waals surface area contributed by atoms with Gasteiger partial charge in [0.05, 0.1) is 15.6 Å². The third-order valence-corrected chi connectivity index (χ3v) is 3.12. The fraction of sp³-hybridized carbons (Fsp3) is 0. The molecule has 0 saturated heterocycles. The Morgan fingerprint density at radius 2 is 2.00 bits per heavy atom. The van der Waals surface area contributed by atoms with E-state index in [1.165, 1.54) is 36.4 Å². The van der Waals surface area contributed by atoms with Crippen molar-refractivity contribution in [1.82, 2.24) is 0 Å². The first-order valence-electron chi connectivity index (χ1n) is 6.30. The Balaban J connectivity index is 2.25. The molecule has 2 rings (SSSR count). The number of nitro benzene ring substituents is 1. The number of carbonyl (C=O) groups excluding carboxylic acids is 1. The molecule has 1 N–H and O–H groups in total. The van der Waals surface area contributed by atoms with Crippen molar-refractivity contribution in [1.29, 1.82) is 5.26 Å². The van der Waals surface area contributed by atoms with E-state index in [0.717, 1.165) is 0 Å². The van der Waals surface area contributed by atoms with Crippen LogP contribution < -0.4 is 5.43 Å². The second kappa shape index (κ2) is 7.15. The lowest BCUT2D eigenvalue weighted by atomic mass is 10.1. The minimum atomic E-state index is -0.643. The summed E-state index contributed by atoms with van der Waals surface area (Å²) in [4.78, 5) is 22.3. The van der Waals surface area contributed by atoms with Gasteiger partial charge in [0.25, 0.3) is 5.69 Å². The zero-order valence-corrected chi connectivity index (χ0v) is 12.3. The van der Waals surface area contributed by atoms with Crippen molar-refractivity contribution in [2.75, 3.05) is 5.43 Å². The number of ketones is 1. The van der Waals surface area contributed by atoms with E-state index >= 15 is 0 Å². The van der Waals surface area contributed by atoms with Crippen LogP contribution in [-0.4, -0.2) is 16.4 Å². The van der Waals surface area contributed by atoms with Crippen LogP contribution in [0.2, 0.25) is 5.02 Å². The Morgan fingerprint density at radius 1 is 1.26 bits per heavy atom. The second-order valence-electron chi connectivity index (χ2n) is 4.30. The van der Waals surface area contributed by atoms with E-state index in [2.05, 4.69) is 10.5 Å². The van der Waals surface area contributed by atoms with Gasteiger partial charge in [-0.05, 0) is 18.2 Å². The number of hydrogen-bond acceptors (Lipinski definition) is 6. The van der Waals surface area contributed by atoms with Gasteiger partial charge in [0, 0.05) is 17.7 Å². The van der Waals surface area contributed by atoms with E-state index in [1.54, 1.807) is 18.2 Å². The molecule has 0 aliphatic rings. The summed E-state index contributed by atoms with van der Waals surface area (Å²) in [6, 6.07) is 13.5. The van der Waals surface area contributed by atoms with Gasteiger partial charge in [0.1, 0.15) is 6.07 Å². The summed E-state index contributed by atoms with van der Waals surface area (Å²) >= 11 is 5.91. The number of carbonyl (C=O) groups is 1. The number of halogens is 1. The third kappa shape index (κ3) is 3.90. The standard InChI is InChI=1S/C15H9ClN4O3/c16-13-7-2-1-6-12(13)15(21)14(9-17)19-18-10-4-3-5-11(8-10)20(22)23/h1-8,18H. The molecule has 0 heterocycles. The van der Waals surface area contributed by atoms with Crippen molar-refractivity contribution in [3.8, 4) is 6.07 Å². The summed E-state index contributed by atoms with van der Waals surface area (Å²) in [5.41, 5.74) is 2.33. The summed E-state index contributed by atoms with van der Waals surface area (Å²) in [5, 5.41) is 23.7. The summed E-state index contributed by atoms with van der Waals surface area (Å²) in [6.07, 6.45) is 0. The van der Waals surface area contributed by atoms with Gasteiger partial charge in [-0.1, -0.05) is 29.8 Å². The first kappa shape index (κ1) is 16.1. The Morgan fingerprint density at radius 3 is 2.65 bits per heavy atom. The predicted molar refractivity (Wildman–Crippen MR) is 85.5 cm³/mol. The highest BCUT2D eigenvalue weighted by atomic mass is 35.5. The van der Waals surface area contributed by atoms with E-state index < -0.39 is 16.4 Å². The zero-order chi connectivity index (χ0) is 16.8. The maximum absolute atomic E-state index is 12.2. The normalized spacial score (nSPS) is 10.7. The number of hydrazone groups is 1. The lowest BCUT2D eigenvalue weighted by Crippen LogP contribution is -2.14. The first-order valence-corrected chi connectivity index (χ1v) is 6.68. The molecule has 0 atom stereocenters. The van der Waals surface area contributed by atoms with Crippen LogP contribution in [0.4, 0.5) is 11.4 Å². The number of rotatable bonds is 5. The number of nitrogens with zero attached hydrogens (tertiary/aromatic N) is 3. The van der Waals surface area contributed by atoms with Gasteiger partial charge in [-0.15, -0.1) is 0 Å². The summed E-state index contributed by atoms with van der Waals surface area (Å²) < 4.78 is 0. The smallest absolute Gasteiger partial charge is 0.271 e. The van der Waals surface area contributed by atoms with Crippen molar-refractivity contribution in [3.63, 3.8) is 0 Å². The van der Waals surface area contributed by atoms with Crippen LogP contribution >= 0.6 is 11.6 Å². The maximum Gasteiger partial charge on any atom is 0.271 e. The molecule has 0 fully saturated rings. The van der Waals surface area contributed by atoms with Crippen LogP contribution in [0.25, 0.3) is 0 Å². The number of hydrogen-bond donors (Lipinski definition) is 1. The number of Topliss-reactive ketones (excluding diaryl/α,β-unsaturated/α-hetero) is 1. The van der Waals surface area contributed by atoms with E-state index in [9.17, 15) is 14.9 Å². The van der Waals surface area contributed by atoms with Gasteiger partial charge in [-0.25, -0.2) is 0 Å². The number of nitro groups is 1. The van der Waals surface area contributed by atoms with E-state index in [0.29, 0.717) is 0 Å². The minimum absolute atomic E-state index is 0.138. The molecule has 0 spiro atoms. The van der Waals surface area contributed by atoms with Gasteiger partial charge < -0.3 is 0 Å². The molecule has 2 aromatic rings. The van der Waals surface area contributed by atoms with Crippen molar-refractivity contribution in [3.05, 3.63) is 69.2 Å². The zero-order valence-electron chi connectivity index (χ0n) is 11.6. The number of benzene rings is 2. The van der Waals surface area contributed by atoms with Gasteiger partial charge >= 0.3 is 0 Å². The Bertz CT molecular complexity index is 843. The largest absolute Gasteiger partial charge is 0.286 e. The minimum Gasteiger partial charge on any atom is -0.286 e. The van der Waals surface area contributed by atoms with Crippen LogP contribution in [0.1, 0.15) is 10.4 Å². The molecule has 0 saturated carbocycles. The molecule has 8 heteroatoms. The van der Waals surface area contributed by atoms with Crippen LogP contribution in [-0.2, 0) is 0 Å². The fourth-order valence-corrected chi connectivity index (χ4v) is 1.93. The number of nitriles is 1. The Kier molecular flexibility index (Phi) is 5.02. The average Bonchev–Trinajstić information content (AvgIpc) is 2.56. The van der Waals surface area contributed by atoms with Crippen molar-refractivity contribution in [2.45, 2.75) is 0 Å². The van der Waals surface area contributed by atoms with Gasteiger partial charge in [0.15, 0.2) is 0 Å². The van der Waals surface area contributed by atoms with E-state index in [4.69, 9.17) is 16.9 Å². The molecule has 7 nitrogen and oxygen atoms in total. The summed E-state index contributed by atoms with van der Waals surface area (Å²) in [5.74, 6) is -0.643. The lowest BCUT2D eigenvalue weighted by molar-refractivity contribution is -0.384. The predicted octanol–water partition coefficient (Wildman–Crippen LogP) is 3.42. The fourth-order valence-electron chi connectivity index (χ4n) is 1.71. The molecule has 0 aromatic heterocycles. The second-order valence-corrected chi connectivity index (χ2v) is 4.71. The highest BCUT2D eigenvalue weighted by Crippen LogP contribution is 2.18. The summed E-state index contributed by atoms with van der Waals surface area (Å²) in [7, 11) is 0. The van der Waals surface area contributed by atoms with Gasteiger partial charge in [-0.2, -0.15) is 10.4 Å². The van der Waals surface area contributed by atoms with Gasteiger partial charge in [0.2, 0.25) is 11.5 Å². The quantitative estimate of drug-likeness (QED) is 0.391. The van der Waals surface area contributed by atoms with E-state index in [-0.39, 0.29) is 22.0 Å². The lowest BCUT2D eigenvalue weighted by Gasteiger charge is -2.03. The summed E-state index contributed by atoms with van der Waals surface area (Å²) in [6.45, 7) is 0. The highest BCUT2D eigenvalue weighted by molar-refractivity contribution is 6.53. The molecule has 0 radical (unpaired) electrons. The number of nitrogens with one attached hydrogen (secondary N) is 1. The Labute approximate surface area is 136 Å². The third-order valence-electron chi connectivity index (χ3n) is 2.79. The molecule has 0 unspecified atom stereocenters. The first-order chi connectivity index (χ1) is 11.0. The Hall–Kier alpha value is -3.24. The molecule has 0 aliphatic heterocycles. The molecule has 2 aromatic carbocycles. The van der Waals surface area contributed by atoms with Gasteiger partial charge in [-0.3, -0.25) is 20.3 Å². The number of anilines is 1. The van der Waals surface area contributed by atoms with Crippen molar-refractivity contribution in [2.24, 2.45) is 5.10 Å². The van der Waals surface area contributed by atoms with Crippen LogP contribution in [0.3, 0.4) is 0 Å². The molecular weight excluding hydrogens is 320 g/mol. The molecular formula is C15H9ClN4O3. The monoisotopic (exact) mass is 328 g/mol. The molecule has 114 valence electrons. The van der Waals surface area contributed by atoms with Crippen LogP contribution in [0, 0.1) is 21.4 Å². The van der Waals surface area contributed by atoms with Crippen molar-refractivity contribution >= 4 is 34.5 Å². The van der Waals surface area contributed by atoms with Crippen LogP contribution in [0.15, 0.2) is 53.6 Å². The highest BCUT2D eigenvalue weighted by Gasteiger charge is 2.17. The van der Waals surface area contributed by atoms with Crippen LogP contribution in [0.5, 0.6) is 0 Å². The van der Waals surface area contributed by atoms with Crippen molar-refractivity contribution < 1.29 is 9.72 Å². The number of non-ortho nitro benzene ring substituents is 1. The SMILES string of the molecule is N#CC(=NNc1cccc([N+](=O)[O-])c1)C(=O)c1ccccc1Cl. The van der Waals surface area contributed by atoms with E-state index in [1.807, 2.05) is 0 Å². The topological polar surface area (TPSA) is 108 Å². The maximum atomic E-state index is 12.2. The average molecular weight is 329 g/mol. The molecule has 0 aliphatic carbocycles. The molecule has 0 bridgehead atoms. The molecule has 0 amide bonds.